The van der Waals surface area contributed by atoms with Gasteiger partial charge in [-0.2, -0.15) is 0 Å². The number of aromatic hydroxyl groups is 1. The van der Waals surface area contributed by atoms with E-state index in [1.807, 2.05) is 6.07 Å². The largest absolute Gasteiger partial charge is 0.508 e. The fourth-order valence-corrected chi connectivity index (χ4v) is 6.12. The third-order valence-corrected chi connectivity index (χ3v) is 7.52. The molecular weight excluding hydrogens is 298 g/mol. The molecule has 0 bridgehead atoms. The summed E-state index contributed by atoms with van der Waals surface area (Å²) in [5, 5.41) is 20.8. The minimum Gasteiger partial charge on any atom is -0.508 e. The van der Waals surface area contributed by atoms with Gasteiger partial charge in [-0.1, -0.05) is 13.0 Å². The van der Waals surface area contributed by atoms with E-state index < -0.39 is 0 Å². The van der Waals surface area contributed by atoms with Crippen LogP contribution in [0, 0.1) is 17.3 Å². The summed E-state index contributed by atoms with van der Waals surface area (Å²) < 4.78 is 0. The summed E-state index contributed by atoms with van der Waals surface area (Å²) in [5.74, 6) is 2.45. The van der Waals surface area contributed by atoms with Crippen LogP contribution in [0.4, 0.5) is 0 Å². The van der Waals surface area contributed by atoms with Gasteiger partial charge in [0.2, 0.25) is 0 Å². The Morgan fingerprint density at radius 3 is 2.83 bits per heavy atom. The highest BCUT2D eigenvalue weighted by atomic mass is 16.3. The molecule has 4 N–H and O–H groups in total. The van der Waals surface area contributed by atoms with Crippen molar-refractivity contribution in [2.24, 2.45) is 23.0 Å². The monoisotopic (exact) mass is 329 g/mol. The quantitative estimate of drug-likeness (QED) is 0.795. The number of fused-ring (bicyclic) bond motifs is 5. The number of aryl methyl sites for hydroxylation is 2. The van der Waals surface area contributed by atoms with E-state index in [2.05, 4.69) is 13.0 Å². The first-order valence-corrected chi connectivity index (χ1v) is 9.77. The molecule has 0 spiro atoms. The lowest BCUT2D eigenvalue weighted by molar-refractivity contribution is -0.0226. The lowest BCUT2D eigenvalue weighted by atomic mass is 9.55. The highest BCUT2D eigenvalue weighted by Crippen LogP contribution is 2.61. The number of benzene rings is 1. The van der Waals surface area contributed by atoms with Crippen LogP contribution in [0.3, 0.4) is 0 Å². The van der Waals surface area contributed by atoms with Crippen LogP contribution in [0.15, 0.2) is 12.1 Å². The molecule has 0 radical (unpaired) electrons. The maximum Gasteiger partial charge on any atom is 0.119 e. The number of phenols is 1. The summed E-state index contributed by atoms with van der Waals surface area (Å²) in [6.45, 7) is 2.99. The van der Waals surface area contributed by atoms with Crippen molar-refractivity contribution < 1.29 is 10.2 Å². The van der Waals surface area contributed by atoms with Gasteiger partial charge >= 0.3 is 0 Å². The number of aliphatic hydroxyl groups excluding tert-OH is 1. The number of nitrogens with two attached hydrogens (primary N) is 1. The number of phenolic OH excluding ortho intramolecular Hbond substituents is 1. The van der Waals surface area contributed by atoms with Crippen molar-refractivity contribution in [3.63, 3.8) is 0 Å². The zero-order chi connectivity index (χ0) is 16.9. The molecule has 1 aromatic carbocycles. The topological polar surface area (TPSA) is 66.5 Å². The highest BCUT2D eigenvalue weighted by Gasteiger charge is 2.54. The highest BCUT2D eigenvalue weighted by molar-refractivity contribution is 5.45. The second kappa shape index (κ2) is 6.03. The van der Waals surface area contributed by atoms with Crippen molar-refractivity contribution in [1.82, 2.24) is 0 Å². The molecule has 0 amide bonds. The lowest BCUT2D eigenvalue weighted by Crippen LogP contribution is -2.43. The molecule has 0 saturated heterocycles. The van der Waals surface area contributed by atoms with Crippen molar-refractivity contribution in [3.05, 3.63) is 28.8 Å². The predicted molar refractivity (Wildman–Crippen MR) is 96.1 cm³/mol. The molecule has 3 heteroatoms. The van der Waals surface area contributed by atoms with E-state index in [0.717, 1.165) is 37.7 Å². The first-order chi connectivity index (χ1) is 11.5. The van der Waals surface area contributed by atoms with Gasteiger partial charge in [0.15, 0.2) is 0 Å². The maximum absolute atomic E-state index is 10.5. The van der Waals surface area contributed by atoms with Crippen LogP contribution < -0.4 is 5.73 Å². The molecule has 4 rings (SSSR count). The average molecular weight is 329 g/mol. The molecule has 132 valence electrons. The van der Waals surface area contributed by atoms with E-state index in [1.54, 1.807) is 0 Å². The maximum atomic E-state index is 10.5. The smallest absolute Gasteiger partial charge is 0.119 e. The van der Waals surface area contributed by atoms with Crippen molar-refractivity contribution in [3.8, 4) is 5.75 Å². The summed E-state index contributed by atoms with van der Waals surface area (Å²) in [6, 6.07) is 4.31. The molecule has 2 saturated carbocycles. The zero-order valence-electron chi connectivity index (χ0n) is 14.8. The lowest BCUT2D eigenvalue weighted by Gasteiger charge is -2.50. The molecule has 3 aliphatic rings. The number of hydrogen-bond acceptors (Lipinski definition) is 3. The van der Waals surface area contributed by atoms with E-state index in [-0.39, 0.29) is 11.5 Å². The van der Waals surface area contributed by atoms with Gasteiger partial charge in [0.1, 0.15) is 5.75 Å². The summed E-state index contributed by atoms with van der Waals surface area (Å²) in [4.78, 5) is 0. The van der Waals surface area contributed by atoms with Crippen molar-refractivity contribution in [1.29, 1.82) is 0 Å². The molecule has 0 aliphatic heterocycles. The number of hydrogen-bond donors (Lipinski definition) is 3. The Morgan fingerprint density at radius 1 is 1.21 bits per heavy atom. The standard InChI is InChI=1S/C21H31NO2/c1-21-9-8-15-16(18(21)6-7-20(21)24)5-4-13-12-19(23)14(3-2-10-22)11-17(13)15/h11-12,15-16,18,20,23-24H,2-10,22H2,1H3/t15-,16+,18-,20-,21-/m0/s1. The molecule has 0 unspecified atom stereocenters. The van der Waals surface area contributed by atoms with E-state index in [0.29, 0.717) is 30.0 Å². The Balaban J connectivity index is 1.66. The van der Waals surface area contributed by atoms with Crippen LogP contribution in [0.2, 0.25) is 0 Å². The van der Waals surface area contributed by atoms with Crippen molar-refractivity contribution in [2.75, 3.05) is 6.54 Å². The van der Waals surface area contributed by atoms with Crippen LogP contribution in [0.25, 0.3) is 0 Å². The molecule has 5 atom stereocenters. The Bertz CT molecular complexity index is 629. The molecule has 2 fully saturated rings. The second-order valence-electron chi connectivity index (χ2n) is 8.63. The summed E-state index contributed by atoms with van der Waals surface area (Å²) in [6.07, 6.45) is 8.46. The van der Waals surface area contributed by atoms with Crippen LogP contribution >= 0.6 is 0 Å². The van der Waals surface area contributed by atoms with Gasteiger partial charge in [0, 0.05) is 0 Å². The molecule has 1 aromatic rings. The normalized spacial score (nSPS) is 37.6. The zero-order valence-corrected chi connectivity index (χ0v) is 14.8. The Kier molecular flexibility index (Phi) is 4.12. The van der Waals surface area contributed by atoms with Gasteiger partial charge in [-0.3, -0.25) is 0 Å². The molecule has 3 aliphatic carbocycles. The van der Waals surface area contributed by atoms with Crippen LogP contribution in [0.1, 0.15) is 68.1 Å². The molecule has 3 nitrogen and oxygen atoms in total. The molecule has 0 aromatic heterocycles. The van der Waals surface area contributed by atoms with Gasteiger partial charge in [0.05, 0.1) is 6.10 Å². The van der Waals surface area contributed by atoms with Crippen LogP contribution in [-0.4, -0.2) is 22.9 Å². The Labute approximate surface area is 145 Å². The third kappa shape index (κ3) is 2.40. The van der Waals surface area contributed by atoms with E-state index in [4.69, 9.17) is 5.73 Å². The SMILES string of the molecule is C[C@]12CC[C@@H]3c4cc(CCCN)c(O)cc4CC[C@H]3[C@@H]1CC[C@@H]2O. The second-order valence-corrected chi connectivity index (χ2v) is 8.63. The third-order valence-electron chi connectivity index (χ3n) is 7.52. The first-order valence-electron chi connectivity index (χ1n) is 9.77. The van der Waals surface area contributed by atoms with E-state index in [9.17, 15) is 10.2 Å². The number of rotatable bonds is 3. The van der Waals surface area contributed by atoms with E-state index >= 15 is 0 Å². The minimum atomic E-state index is -0.107. The minimum absolute atomic E-state index is 0.107. The van der Waals surface area contributed by atoms with Crippen LogP contribution in [0.5, 0.6) is 5.75 Å². The van der Waals surface area contributed by atoms with Crippen molar-refractivity contribution in [2.45, 2.75) is 70.3 Å². The van der Waals surface area contributed by atoms with Gasteiger partial charge in [-0.15, -0.1) is 0 Å². The van der Waals surface area contributed by atoms with Gasteiger partial charge in [0.25, 0.3) is 0 Å². The fraction of sp³-hybridized carbons (Fsp3) is 0.714. The fourth-order valence-electron chi connectivity index (χ4n) is 6.12. The van der Waals surface area contributed by atoms with E-state index in [1.165, 1.54) is 30.4 Å². The molecular formula is C21H31NO2. The van der Waals surface area contributed by atoms with Crippen molar-refractivity contribution >= 4 is 0 Å². The van der Waals surface area contributed by atoms with Gasteiger partial charge in [-0.05, 0) is 104 Å². The summed E-state index contributed by atoms with van der Waals surface area (Å²) in [7, 11) is 0. The summed E-state index contributed by atoms with van der Waals surface area (Å²) >= 11 is 0. The number of aliphatic hydroxyl groups is 1. The van der Waals surface area contributed by atoms with Gasteiger partial charge in [-0.25, -0.2) is 0 Å². The van der Waals surface area contributed by atoms with Crippen LogP contribution in [-0.2, 0) is 12.8 Å². The molecule has 0 heterocycles. The Hall–Kier alpha value is -1.06. The summed E-state index contributed by atoms with van der Waals surface area (Å²) in [5.41, 5.74) is 9.70. The van der Waals surface area contributed by atoms with Gasteiger partial charge < -0.3 is 15.9 Å². The first kappa shape index (κ1) is 16.4. The predicted octanol–water partition coefficient (Wildman–Crippen LogP) is 3.50. The Morgan fingerprint density at radius 2 is 2.04 bits per heavy atom. The molecule has 24 heavy (non-hydrogen) atoms. The average Bonchev–Trinajstić information content (AvgIpc) is 2.88.